The summed E-state index contributed by atoms with van der Waals surface area (Å²) in [5, 5.41) is 7.68. The summed E-state index contributed by atoms with van der Waals surface area (Å²) < 4.78 is 79.1. The number of fused-ring (bicyclic) bond motifs is 1. The monoisotopic (exact) mass is 548 g/mol. The fourth-order valence-corrected chi connectivity index (χ4v) is 6.78. The quantitative estimate of drug-likeness (QED) is 0.389. The van der Waals surface area contributed by atoms with Gasteiger partial charge in [0.25, 0.3) is 6.43 Å². The molecule has 1 aliphatic carbocycles. The summed E-state index contributed by atoms with van der Waals surface area (Å²) in [5.74, 6) is -0.372. The zero-order chi connectivity index (χ0) is 27.1. The molecule has 1 unspecified atom stereocenters. The van der Waals surface area contributed by atoms with Crippen molar-refractivity contribution in [1.82, 2.24) is 20.1 Å². The molecule has 2 aromatic heterocycles. The molecule has 206 valence electrons. The van der Waals surface area contributed by atoms with E-state index in [-0.39, 0.29) is 46.4 Å². The zero-order valence-electron chi connectivity index (χ0n) is 20.9. The minimum atomic E-state index is -3.13. The number of carbonyl (C=O) groups is 1. The molecule has 1 fully saturated rings. The Hall–Kier alpha value is -2.38. The number of aromatic nitrogens is 3. The van der Waals surface area contributed by atoms with Crippen LogP contribution in [0.1, 0.15) is 69.5 Å². The minimum Gasteiger partial charge on any atom is -0.433 e. The van der Waals surface area contributed by atoms with Crippen molar-refractivity contribution < 1.29 is 36.2 Å². The van der Waals surface area contributed by atoms with Gasteiger partial charge in [0.15, 0.2) is 0 Å². The van der Waals surface area contributed by atoms with Crippen LogP contribution in [0.2, 0.25) is 0 Å². The van der Waals surface area contributed by atoms with E-state index in [9.17, 15) is 31.5 Å². The number of carbonyl (C=O) groups excluding carboxylic acids is 1. The lowest BCUT2D eigenvalue weighted by molar-refractivity contribution is -0.127. The van der Waals surface area contributed by atoms with E-state index < -0.39 is 34.9 Å². The van der Waals surface area contributed by atoms with Crippen LogP contribution in [-0.4, -0.2) is 53.4 Å². The molecular weight excluding hydrogens is 516 g/mol. The lowest BCUT2D eigenvalue weighted by atomic mass is 9.84. The highest BCUT2D eigenvalue weighted by molar-refractivity contribution is 8.24. The molecule has 0 saturated carbocycles. The van der Waals surface area contributed by atoms with Crippen LogP contribution in [0, 0.1) is 5.92 Å². The first-order valence-electron chi connectivity index (χ1n) is 12.2. The highest BCUT2D eigenvalue weighted by Crippen LogP contribution is 2.47. The maximum atomic E-state index is 13.8. The van der Waals surface area contributed by atoms with Crippen molar-refractivity contribution in [3.8, 4) is 17.0 Å². The van der Waals surface area contributed by atoms with Crippen LogP contribution in [-0.2, 0) is 17.6 Å². The molecule has 0 bridgehead atoms. The first-order chi connectivity index (χ1) is 17.3. The van der Waals surface area contributed by atoms with Gasteiger partial charge in [0.05, 0.1) is 11.9 Å². The highest BCUT2D eigenvalue weighted by atomic mass is 32.3. The first-order valence-corrected chi connectivity index (χ1v) is 14.1. The van der Waals surface area contributed by atoms with E-state index in [4.69, 9.17) is 0 Å². The number of amides is 1. The molecule has 0 spiro atoms. The van der Waals surface area contributed by atoms with Crippen molar-refractivity contribution in [3.63, 3.8) is 0 Å². The van der Waals surface area contributed by atoms with Crippen LogP contribution in [0.3, 0.4) is 0 Å². The lowest BCUT2D eigenvalue weighted by Gasteiger charge is -2.45. The number of hydrogen-bond donors (Lipinski definition) is 3. The molecule has 4 rings (SSSR count). The van der Waals surface area contributed by atoms with Gasteiger partial charge in [-0.15, -0.1) is 0 Å². The predicted octanol–water partition coefficient (Wildman–Crippen LogP) is 5.59. The molecule has 0 aromatic carbocycles. The number of ether oxygens (including phenoxy) is 1. The van der Waals surface area contributed by atoms with Gasteiger partial charge < -0.3 is 10.1 Å². The van der Waals surface area contributed by atoms with E-state index in [0.29, 0.717) is 37.7 Å². The molecule has 3 N–H and O–H groups in total. The topological polar surface area (TPSA) is 110 Å². The number of rotatable bonds is 7. The van der Waals surface area contributed by atoms with Crippen molar-refractivity contribution in [2.75, 3.05) is 11.5 Å². The van der Waals surface area contributed by atoms with Crippen molar-refractivity contribution in [2.45, 2.75) is 77.5 Å². The fourth-order valence-electron chi connectivity index (χ4n) is 5.02. The maximum absolute atomic E-state index is 13.8. The SMILES string of the molecule is CC(C)n1nc(-c2cc(OC(F)F)cnc2C(F)F)c2c1CC(C(=O)NC1(C)CCS(O)(O)CC1)CC2. The number of halogens is 4. The summed E-state index contributed by atoms with van der Waals surface area (Å²) in [4.78, 5) is 16.9. The van der Waals surface area contributed by atoms with E-state index >= 15 is 0 Å². The third-order valence-electron chi connectivity index (χ3n) is 7.13. The molecule has 1 saturated heterocycles. The van der Waals surface area contributed by atoms with Gasteiger partial charge in [-0.05, 0) is 52.5 Å². The van der Waals surface area contributed by atoms with Crippen LogP contribution in [0.15, 0.2) is 12.3 Å². The van der Waals surface area contributed by atoms with E-state index in [0.717, 1.165) is 18.0 Å². The Balaban J connectivity index is 1.63. The highest BCUT2D eigenvalue weighted by Gasteiger charge is 2.38. The number of nitrogens with one attached hydrogen (secondary N) is 1. The summed E-state index contributed by atoms with van der Waals surface area (Å²) in [6.07, 6.45) is -0.00855. The molecule has 1 aliphatic heterocycles. The average molecular weight is 549 g/mol. The third-order valence-corrected chi connectivity index (χ3v) is 8.84. The molecule has 1 atom stereocenters. The van der Waals surface area contributed by atoms with E-state index in [2.05, 4.69) is 20.1 Å². The van der Waals surface area contributed by atoms with Gasteiger partial charge in [0.2, 0.25) is 5.91 Å². The fraction of sp³-hybridized carbons (Fsp3) is 0.625. The molecule has 2 aromatic rings. The van der Waals surface area contributed by atoms with Gasteiger partial charge in [-0.1, -0.05) is 0 Å². The first kappa shape index (κ1) is 27.6. The van der Waals surface area contributed by atoms with Gasteiger partial charge in [-0.3, -0.25) is 23.6 Å². The van der Waals surface area contributed by atoms with E-state index in [1.54, 1.807) is 4.68 Å². The second-order valence-electron chi connectivity index (χ2n) is 10.3. The van der Waals surface area contributed by atoms with Crippen LogP contribution in [0.4, 0.5) is 17.6 Å². The Labute approximate surface area is 214 Å². The zero-order valence-corrected chi connectivity index (χ0v) is 21.7. The Morgan fingerprint density at radius 3 is 2.51 bits per heavy atom. The number of hydrogen-bond acceptors (Lipinski definition) is 6. The average Bonchev–Trinajstić information content (AvgIpc) is 3.20. The van der Waals surface area contributed by atoms with Crippen molar-refractivity contribution >= 4 is 16.5 Å². The second-order valence-corrected chi connectivity index (χ2v) is 12.7. The van der Waals surface area contributed by atoms with Crippen molar-refractivity contribution in [2.24, 2.45) is 5.92 Å². The summed E-state index contributed by atoms with van der Waals surface area (Å²) in [5.41, 5.74) is 0.475. The van der Waals surface area contributed by atoms with Crippen molar-refractivity contribution in [1.29, 1.82) is 0 Å². The molecular formula is C24H32F4N4O4S. The predicted molar refractivity (Wildman–Crippen MR) is 131 cm³/mol. The molecule has 37 heavy (non-hydrogen) atoms. The summed E-state index contributed by atoms with van der Waals surface area (Å²) >= 11 is 0. The molecule has 8 nitrogen and oxygen atoms in total. The Morgan fingerprint density at radius 2 is 1.92 bits per heavy atom. The van der Waals surface area contributed by atoms with Gasteiger partial charge in [0.1, 0.15) is 11.4 Å². The molecule has 13 heteroatoms. The minimum absolute atomic E-state index is 0.0691. The number of alkyl halides is 4. The van der Waals surface area contributed by atoms with Crippen LogP contribution >= 0.6 is 10.6 Å². The van der Waals surface area contributed by atoms with Crippen LogP contribution in [0.25, 0.3) is 11.3 Å². The van der Waals surface area contributed by atoms with E-state index in [1.165, 1.54) is 0 Å². The van der Waals surface area contributed by atoms with Gasteiger partial charge in [-0.25, -0.2) is 8.78 Å². The Bertz CT molecular complexity index is 1150. The lowest BCUT2D eigenvalue weighted by Crippen LogP contribution is -2.52. The van der Waals surface area contributed by atoms with Gasteiger partial charge in [-0.2, -0.15) is 24.5 Å². The summed E-state index contributed by atoms with van der Waals surface area (Å²) in [7, 11) is -2.58. The largest absolute Gasteiger partial charge is 0.433 e. The third kappa shape index (κ3) is 6.04. The Morgan fingerprint density at radius 1 is 1.24 bits per heavy atom. The van der Waals surface area contributed by atoms with E-state index in [1.807, 2.05) is 20.8 Å². The molecule has 3 heterocycles. The van der Waals surface area contributed by atoms with Gasteiger partial charge >= 0.3 is 6.61 Å². The summed E-state index contributed by atoms with van der Waals surface area (Å²) in [6, 6.07) is 0.967. The standard InChI is InChI=1S/C24H32F4N4O4S/c1-13(2)32-18-10-14(22(33)30-24(3)6-8-37(34,35)9-7-24)4-5-16(18)19(31-32)17-11-15(36-23(27)28)12-29-20(17)21(25)26/h11-14,21,23,34-35H,4-10H2,1-3H3,(H,30,33). The van der Waals surface area contributed by atoms with Crippen LogP contribution < -0.4 is 10.1 Å². The number of nitrogens with zero attached hydrogens (tertiary/aromatic N) is 3. The normalized spacial score (nSPS) is 21.7. The molecule has 0 radical (unpaired) electrons. The second kappa shape index (κ2) is 10.4. The summed E-state index contributed by atoms with van der Waals surface area (Å²) in [6.45, 7) is 2.53. The number of pyridine rings is 1. The van der Waals surface area contributed by atoms with Crippen LogP contribution in [0.5, 0.6) is 5.75 Å². The Kier molecular flexibility index (Phi) is 7.78. The van der Waals surface area contributed by atoms with Gasteiger partial charge in [0, 0.05) is 52.2 Å². The smallest absolute Gasteiger partial charge is 0.387 e. The molecule has 2 aliphatic rings. The van der Waals surface area contributed by atoms with Crippen molar-refractivity contribution in [3.05, 3.63) is 29.2 Å². The maximum Gasteiger partial charge on any atom is 0.387 e. The molecule has 1 amide bonds.